The van der Waals surface area contributed by atoms with Crippen LogP contribution in [0.15, 0.2) is 83.8 Å². The molecule has 1 atom stereocenters. The van der Waals surface area contributed by atoms with Gasteiger partial charge in [-0.05, 0) is 34.2 Å². The second-order valence-electron chi connectivity index (χ2n) is 8.45. The lowest BCUT2D eigenvalue weighted by atomic mass is 9.86. The fourth-order valence-electron chi connectivity index (χ4n) is 3.65. The molecule has 0 aliphatic carbocycles. The summed E-state index contributed by atoms with van der Waals surface area (Å²) in [6, 6.07) is 25.0. The highest BCUT2D eigenvalue weighted by atomic mass is 32.2. The number of rotatable bonds is 3. The van der Waals surface area contributed by atoms with Gasteiger partial charge in [0.2, 0.25) is 10.0 Å². The van der Waals surface area contributed by atoms with Crippen molar-refractivity contribution in [2.75, 3.05) is 5.32 Å². The lowest BCUT2D eigenvalue weighted by molar-refractivity contribution is 0.336. The van der Waals surface area contributed by atoms with E-state index in [0.717, 1.165) is 11.1 Å². The van der Waals surface area contributed by atoms with E-state index in [4.69, 9.17) is 0 Å². The third-order valence-electron chi connectivity index (χ3n) is 5.33. The van der Waals surface area contributed by atoms with E-state index in [-0.39, 0.29) is 5.41 Å². The van der Waals surface area contributed by atoms with Gasteiger partial charge in [-0.3, -0.25) is 0 Å². The summed E-state index contributed by atoms with van der Waals surface area (Å²) in [6.45, 7) is 6.81. The molecule has 0 radical (unpaired) electrons. The Bertz CT molecular complexity index is 1100. The van der Waals surface area contributed by atoms with E-state index < -0.39 is 16.2 Å². The zero-order chi connectivity index (χ0) is 20.6. The standard InChI is InChI=1S/C24H26N2O2S/c1-24(2,3)20-15-13-19(14-16-20)23-25-21-11-7-8-12-22(21)29(27,28)26(23)17-18-9-5-4-6-10-18/h4-16,23,25H,17H2,1-3H3/t23-/m1/s1. The highest BCUT2D eigenvalue weighted by Crippen LogP contribution is 2.39. The summed E-state index contributed by atoms with van der Waals surface area (Å²) in [7, 11) is -3.65. The van der Waals surface area contributed by atoms with Gasteiger partial charge >= 0.3 is 0 Å². The molecular weight excluding hydrogens is 380 g/mol. The summed E-state index contributed by atoms with van der Waals surface area (Å²) in [6.07, 6.45) is -0.468. The van der Waals surface area contributed by atoms with Crippen molar-refractivity contribution in [2.24, 2.45) is 0 Å². The van der Waals surface area contributed by atoms with Crippen LogP contribution >= 0.6 is 0 Å². The molecule has 4 nitrogen and oxygen atoms in total. The van der Waals surface area contributed by atoms with Crippen LogP contribution in [0.5, 0.6) is 0 Å². The summed E-state index contributed by atoms with van der Waals surface area (Å²) in [5.41, 5.74) is 3.78. The van der Waals surface area contributed by atoms with Gasteiger partial charge in [-0.15, -0.1) is 0 Å². The van der Waals surface area contributed by atoms with Crippen LogP contribution in [-0.4, -0.2) is 12.7 Å². The van der Waals surface area contributed by atoms with Crippen molar-refractivity contribution < 1.29 is 8.42 Å². The lowest BCUT2D eigenvalue weighted by Gasteiger charge is -2.37. The Balaban J connectivity index is 1.79. The molecule has 1 aliphatic rings. The molecule has 0 saturated heterocycles. The van der Waals surface area contributed by atoms with Gasteiger partial charge in [0.25, 0.3) is 0 Å². The normalized spacial score (nSPS) is 18.7. The van der Waals surface area contributed by atoms with Crippen molar-refractivity contribution in [3.05, 3.63) is 95.6 Å². The van der Waals surface area contributed by atoms with Gasteiger partial charge in [0, 0.05) is 6.54 Å². The number of benzene rings is 3. The second kappa shape index (κ2) is 7.32. The van der Waals surface area contributed by atoms with Crippen LogP contribution in [-0.2, 0) is 22.0 Å². The van der Waals surface area contributed by atoms with Gasteiger partial charge < -0.3 is 5.32 Å². The molecule has 1 aliphatic heterocycles. The van der Waals surface area contributed by atoms with Crippen LogP contribution < -0.4 is 5.32 Å². The summed E-state index contributed by atoms with van der Waals surface area (Å²) >= 11 is 0. The van der Waals surface area contributed by atoms with Crippen LogP contribution in [0.3, 0.4) is 0 Å². The first-order valence-electron chi connectivity index (χ1n) is 9.78. The highest BCUT2D eigenvalue weighted by Gasteiger charge is 2.38. The molecule has 5 heteroatoms. The molecular formula is C24H26N2O2S. The Hall–Kier alpha value is -2.63. The monoisotopic (exact) mass is 406 g/mol. The van der Waals surface area contributed by atoms with Crippen LogP contribution in [0.1, 0.15) is 43.6 Å². The minimum atomic E-state index is -3.65. The summed E-state index contributed by atoms with van der Waals surface area (Å²) in [5.74, 6) is 0. The third-order valence-corrected chi connectivity index (χ3v) is 7.20. The van der Waals surface area contributed by atoms with E-state index in [9.17, 15) is 8.42 Å². The maximum absolute atomic E-state index is 13.5. The molecule has 29 heavy (non-hydrogen) atoms. The van der Waals surface area contributed by atoms with E-state index >= 15 is 0 Å². The molecule has 0 saturated carbocycles. The van der Waals surface area contributed by atoms with Crippen molar-refractivity contribution in [3.63, 3.8) is 0 Å². The Morgan fingerprint density at radius 2 is 1.48 bits per heavy atom. The van der Waals surface area contributed by atoms with E-state index in [2.05, 4.69) is 38.2 Å². The smallest absolute Gasteiger partial charge is 0.247 e. The van der Waals surface area contributed by atoms with Crippen molar-refractivity contribution in [1.29, 1.82) is 0 Å². The number of nitrogens with zero attached hydrogens (tertiary/aromatic N) is 1. The van der Waals surface area contributed by atoms with Crippen molar-refractivity contribution in [3.8, 4) is 0 Å². The van der Waals surface area contributed by atoms with Crippen molar-refractivity contribution in [2.45, 2.75) is 43.8 Å². The molecule has 0 unspecified atom stereocenters. The number of sulfonamides is 1. The van der Waals surface area contributed by atoms with Crippen LogP contribution in [0.25, 0.3) is 0 Å². The van der Waals surface area contributed by atoms with Crippen LogP contribution in [0, 0.1) is 0 Å². The average molecular weight is 407 g/mol. The summed E-state index contributed by atoms with van der Waals surface area (Å²) < 4.78 is 28.6. The minimum Gasteiger partial charge on any atom is -0.364 e. The molecule has 0 fully saturated rings. The molecule has 0 spiro atoms. The van der Waals surface area contributed by atoms with Gasteiger partial charge in [-0.2, -0.15) is 4.31 Å². The Morgan fingerprint density at radius 1 is 0.862 bits per heavy atom. The quantitative estimate of drug-likeness (QED) is 0.642. The molecule has 0 bridgehead atoms. The number of nitrogens with one attached hydrogen (secondary N) is 1. The zero-order valence-electron chi connectivity index (χ0n) is 17.0. The zero-order valence-corrected chi connectivity index (χ0v) is 17.8. The second-order valence-corrected chi connectivity index (χ2v) is 10.3. The molecule has 0 amide bonds. The molecule has 1 N–H and O–H groups in total. The lowest BCUT2D eigenvalue weighted by Crippen LogP contribution is -2.42. The van der Waals surface area contributed by atoms with E-state index in [0.29, 0.717) is 17.1 Å². The SMILES string of the molecule is CC(C)(C)c1ccc([C@@H]2Nc3ccccc3S(=O)(=O)N2Cc2ccccc2)cc1. The van der Waals surface area contributed by atoms with E-state index in [1.165, 1.54) is 5.56 Å². The fraction of sp³-hybridized carbons (Fsp3) is 0.250. The Kier molecular flexibility index (Phi) is 4.97. The first kappa shape index (κ1) is 19.7. The highest BCUT2D eigenvalue weighted by molar-refractivity contribution is 7.89. The number of fused-ring (bicyclic) bond motifs is 1. The molecule has 4 rings (SSSR count). The predicted molar refractivity (Wildman–Crippen MR) is 117 cm³/mol. The maximum Gasteiger partial charge on any atom is 0.247 e. The Labute approximate surface area is 173 Å². The van der Waals surface area contributed by atoms with Crippen LogP contribution in [0.4, 0.5) is 5.69 Å². The number of hydrogen-bond donors (Lipinski definition) is 1. The van der Waals surface area contributed by atoms with Gasteiger partial charge in [0.05, 0.1) is 5.69 Å². The number of anilines is 1. The molecule has 150 valence electrons. The summed E-state index contributed by atoms with van der Waals surface area (Å²) in [5, 5.41) is 3.44. The first-order chi connectivity index (χ1) is 13.8. The largest absolute Gasteiger partial charge is 0.364 e. The number of para-hydroxylation sites is 1. The fourth-order valence-corrected chi connectivity index (χ4v) is 5.33. The van der Waals surface area contributed by atoms with Gasteiger partial charge in [0.15, 0.2) is 0 Å². The molecule has 0 aromatic heterocycles. The number of hydrogen-bond acceptors (Lipinski definition) is 3. The first-order valence-corrected chi connectivity index (χ1v) is 11.2. The van der Waals surface area contributed by atoms with E-state index in [1.807, 2.05) is 54.6 Å². The minimum absolute atomic E-state index is 0.0426. The summed E-state index contributed by atoms with van der Waals surface area (Å²) in [4.78, 5) is 0.318. The molecule has 3 aromatic rings. The molecule has 1 heterocycles. The average Bonchev–Trinajstić information content (AvgIpc) is 2.70. The van der Waals surface area contributed by atoms with Crippen molar-refractivity contribution in [1.82, 2.24) is 4.31 Å². The topological polar surface area (TPSA) is 49.4 Å². The van der Waals surface area contributed by atoms with Gasteiger partial charge in [-0.25, -0.2) is 8.42 Å². The van der Waals surface area contributed by atoms with Gasteiger partial charge in [-0.1, -0.05) is 87.5 Å². The van der Waals surface area contributed by atoms with E-state index in [1.54, 1.807) is 16.4 Å². The Morgan fingerprint density at radius 3 is 2.14 bits per heavy atom. The van der Waals surface area contributed by atoms with Crippen molar-refractivity contribution >= 4 is 15.7 Å². The molecule has 3 aromatic carbocycles. The van der Waals surface area contributed by atoms with Crippen LogP contribution in [0.2, 0.25) is 0 Å². The maximum atomic E-state index is 13.5. The van der Waals surface area contributed by atoms with Gasteiger partial charge in [0.1, 0.15) is 11.1 Å². The predicted octanol–water partition coefficient (Wildman–Crippen LogP) is 5.30. The third kappa shape index (κ3) is 3.80.